The Kier molecular flexibility index (Phi) is 4.80. The first-order valence-electron chi connectivity index (χ1n) is 6.36. The van der Waals surface area contributed by atoms with E-state index in [-0.39, 0.29) is 11.3 Å². The highest BCUT2D eigenvalue weighted by atomic mass is 16.6. The smallest absolute Gasteiger partial charge is 0.269 e. The fourth-order valence-electron chi connectivity index (χ4n) is 1.69. The number of rotatable bonds is 5. The molecule has 0 saturated heterocycles. The third-order valence-corrected chi connectivity index (χ3v) is 2.86. The van der Waals surface area contributed by atoms with E-state index in [4.69, 9.17) is 0 Å². The molecule has 0 heterocycles. The number of nitrogens with zero attached hydrogens (tertiary/aromatic N) is 4. The van der Waals surface area contributed by atoms with E-state index in [9.17, 15) is 30.4 Å². The highest BCUT2D eigenvalue weighted by Crippen LogP contribution is 2.28. The number of non-ortho nitro benzene ring substituents is 1. The summed E-state index contributed by atoms with van der Waals surface area (Å²) in [4.78, 5) is 19.7. The van der Waals surface area contributed by atoms with Crippen LogP contribution in [-0.2, 0) is 0 Å². The third-order valence-electron chi connectivity index (χ3n) is 2.86. The van der Waals surface area contributed by atoms with Gasteiger partial charge < -0.3 is 10.2 Å². The van der Waals surface area contributed by atoms with Crippen molar-refractivity contribution < 1.29 is 20.1 Å². The molecule has 0 unspecified atom stereocenters. The molecule has 122 valence electrons. The summed E-state index contributed by atoms with van der Waals surface area (Å²) in [6, 6.07) is 6.92. The highest BCUT2D eigenvalue weighted by Gasteiger charge is 2.08. The Morgan fingerprint density at radius 3 is 2.04 bits per heavy atom. The minimum absolute atomic E-state index is 0.0725. The van der Waals surface area contributed by atoms with Gasteiger partial charge in [-0.3, -0.25) is 20.2 Å². The second-order valence-corrected chi connectivity index (χ2v) is 4.45. The van der Waals surface area contributed by atoms with E-state index in [0.29, 0.717) is 11.6 Å². The van der Waals surface area contributed by atoms with E-state index in [0.717, 1.165) is 12.3 Å². The Labute approximate surface area is 134 Å². The van der Waals surface area contributed by atoms with E-state index in [1.807, 2.05) is 0 Å². The molecule has 0 aliphatic rings. The summed E-state index contributed by atoms with van der Waals surface area (Å²) in [7, 11) is 0. The van der Waals surface area contributed by atoms with E-state index in [1.165, 1.54) is 30.5 Å². The van der Waals surface area contributed by atoms with E-state index < -0.39 is 27.0 Å². The van der Waals surface area contributed by atoms with Crippen LogP contribution in [-0.4, -0.2) is 22.3 Å². The molecule has 0 aliphatic carbocycles. The standard InChI is InChI=1S/C14H10N4O6/c19-13-6-14(20)12(18(23)24)5-10(13)8-16-15-7-9-1-3-11(4-2-9)17(21)22/h1-8,19-20H/p-2/b15-7-,16-8-. The van der Waals surface area contributed by atoms with Gasteiger partial charge in [0.15, 0.2) is 0 Å². The van der Waals surface area contributed by atoms with E-state index in [2.05, 4.69) is 10.2 Å². The van der Waals surface area contributed by atoms with Gasteiger partial charge in [0, 0.05) is 18.2 Å². The largest absolute Gasteiger partial charge is 0.872 e. The predicted octanol–water partition coefficient (Wildman–Crippen LogP) is 1.10. The van der Waals surface area contributed by atoms with E-state index in [1.54, 1.807) is 0 Å². The SMILES string of the molecule is O=[N+]([O-])c1ccc(/C=N\N=C/c2cc([N+](=O)[O-])c([O-])cc2[O-])cc1. The van der Waals surface area contributed by atoms with Crippen LogP contribution in [0.4, 0.5) is 11.4 Å². The van der Waals surface area contributed by atoms with Crippen LogP contribution in [0.25, 0.3) is 0 Å². The zero-order valence-corrected chi connectivity index (χ0v) is 11.9. The maximum absolute atomic E-state index is 11.6. The number of benzene rings is 2. The average molecular weight is 328 g/mol. The number of hydrogen-bond acceptors (Lipinski definition) is 8. The van der Waals surface area contributed by atoms with Gasteiger partial charge in [-0.1, -0.05) is 6.07 Å². The summed E-state index contributed by atoms with van der Waals surface area (Å²) in [6.45, 7) is 0. The lowest BCUT2D eigenvalue weighted by molar-refractivity contribution is -0.398. The van der Waals surface area contributed by atoms with Crippen LogP contribution in [0.3, 0.4) is 0 Å². The van der Waals surface area contributed by atoms with Crippen molar-refractivity contribution in [2.24, 2.45) is 10.2 Å². The molecule has 24 heavy (non-hydrogen) atoms. The van der Waals surface area contributed by atoms with Gasteiger partial charge in [-0.2, -0.15) is 10.2 Å². The minimum atomic E-state index is -0.975. The second kappa shape index (κ2) is 6.96. The summed E-state index contributed by atoms with van der Waals surface area (Å²) >= 11 is 0. The summed E-state index contributed by atoms with van der Waals surface area (Å²) in [5.74, 6) is -1.68. The Bertz CT molecular complexity index is 845. The van der Waals surface area contributed by atoms with Gasteiger partial charge in [-0.15, -0.1) is 5.75 Å². The molecule has 0 bridgehead atoms. The van der Waals surface area contributed by atoms with Crippen LogP contribution in [0.1, 0.15) is 11.1 Å². The first kappa shape index (κ1) is 16.5. The number of hydrogen-bond donors (Lipinski definition) is 0. The molecule has 2 aromatic carbocycles. The summed E-state index contributed by atoms with van der Waals surface area (Å²) in [5.41, 5.74) is -0.421. The second-order valence-electron chi connectivity index (χ2n) is 4.45. The van der Waals surface area contributed by atoms with Crippen molar-refractivity contribution in [1.29, 1.82) is 0 Å². The molecule has 0 radical (unpaired) electrons. The highest BCUT2D eigenvalue weighted by molar-refractivity contribution is 5.86. The van der Waals surface area contributed by atoms with Crippen molar-refractivity contribution in [3.05, 3.63) is 67.8 Å². The fraction of sp³-hybridized carbons (Fsp3) is 0. The summed E-state index contributed by atoms with van der Waals surface area (Å²) in [6.07, 6.45) is 2.26. The lowest BCUT2D eigenvalue weighted by Crippen LogP contribution is -2.03. The number of nitro benzene ring substituents is 2. The first-order valence-corrected chi connectivity index (χ1v) is 6.36. The number of nitro groups is 2. The Morgan fingerprint density at radius 1 is 0.833 bits per heavy atom. The molecule has 2 aromatic rings. The Morgan fingerprint density at radius 2 is 1.46 bits per heavy atom. The van der Waals surface area contributed by atoms with Crippen LogP contribution in [0.2, 0.25) is 0 Å². The van der Waals surface area contributed by atoms with Crippen molar-refractivity contribution in [3.63, 3.8) is 0 Å². The van der Waals surface area contributed by atoms with Crippen molar-refractivity contribution in [2.45, 2.75) is 0 Å². The van der Waals surface area contributed by atoms with Crippen molar-refractivity contribution in [1.82, 2.24) is 0 Å². The predicted molar refractivity (Wildman–Crippen MR) is 80.3 cm³/mol. The monoisotopic (exact) mass is 328 g/mol. The van der Waals surface area contributed by atoms with Crippen LogP contribution >= 0.6 is 0 Å². The third kappa shape index (κ3) is 3.88. The Balaban J connectivity index is 2.15. The van der Waals surface area contributed by atoms with Gasteiger partial charge in [0.1, 0.15) is 0 Å². The molecule has 0 N–H and O–H groups in total. The van der Waals surface area contributed by atoms with Gasteiger partial charge in [0.2, 0.25) is 0 Å². The zero-order valence-electron chi connectivity index (χ0n) is 11.9. The minimum Gasteiger partial charge on any atom is -0.872 e. The molecule has 10 nitrogen and oxygen atoms in total. The molecular formula is C14H8N4O6-2. The fourth-order valence-corrected chi connectivity index (χ4v) is 1.69. The van der Waals surface area contributed by atoms with Crippen molar-refractivity contribution in [2.75, 3.05) is 0 Å². The molecular weight excluding hydrogens is 320 g/mol. The first-order chi connectivity index (χ1) is 11.4. The van der Waals surface area contributed by atoms with Crippen LogP contribution in [0, 0.1) is 20.2 Å². The van der Waals surface area contributed by atoms with Crippen LogP contribution in [0.15, 0.2) is 46.6 Å². The van der Waals surface area contributed by atoms with E-state index >= 15 is 0 Å². The summed E-state index contributed by atoms with van der Waals surface area (Å²) < 4.78 is 0. The zero-order chi connectivity index (χ0) is 17.7. The molecule has 0 saturated carbocycles. The topological polar surface area (TPSA) is 157 Å². The van der Waals surface area contributed by atoms with Gasteiger partial charge in [-0.05, 0) is 29.0 Å². The molecule has 0 fully saturated rings. The molecule has 0 aliphatic heterocycles. The van der Waals surface area contributed by atoms with Gasteiger partial charge in [-0.25, -0.2) is 0 Å². The summed E-state index contributed by atoms with van der Waals surface area (Å²) in [5, 5.41) is 51.2. The van der Waals surface area contributed by atoms with Gasteiger partial charge in [0.25, 0.3) is 11.4 Å². The van der Waals surface area contributed by atoms with Gasteiger partial charge >= 0.3 is 0 Å². The lowest BCUT2D eigenvalue weighted by Gasteiger charge is -2.14. The molecule has 2 rings (SSSR count). The molecule has 0 aromatic heterocycles. The molecule has 0 amide bonds. The molecule has 0 atom stereocenters. The Hall–Kier alpha value is -3.82. The maximum Gasteiger partial charge on any atom is 0.269 e. The van der Waals surface area contributed by atoms with Gasteiger partial charge in [0.05, 0.1) is 22.3 Å². The van der Waals surface area contributed by atoms with Crippen LogP contribution < -0.4 is 10.2 Å². The normalized spacial score (nSPS) is 11.2. The van der Waals surface area contributed by atoms with Crippen LogP contribution in [0.5, 0.6) is 11.5 Å². The molecule has 0 spiro atoms. The quantitative estimate of drug-likeness (QED) is 0.454. The average Bonchev–Trinajstić information content (AvgIpc) is 2.53. The molecule has 10 heteroatoms. The lowest BCUT2D eigenvalue weighted by atomic mass is 10.2. The van der Waals surface area contributed by atoms with Crippen molar-refractivity contribution >= 4 is 23.8 Å². The van der Waals surface area contributed by atoms with Crippen molar-refractivity contribution in [3.8, 4) is 11.5 Å². The maximum atomic E-state index is 11.6.